The van der Waals surface area contributed by atoms with Crippen LogP contribution in [0.5, 0.6) is 0 Å². The number of nitrogen functional groups attached to an aromatic ring is 1. The van der Waals surface area contributed by atoms with E-state index in [2.05, 4.69) is 9.97 Å². The molecule has 8 heteroatoms. The normalized spacial score (nSPS) is 10.4. The van der Waals surface area contributed by atoms with E-state index in [0.29, 0.717) is 16.5 Å². The van der Waals surface area contributed by atoms with Gasteiger partial charge in [0.1, 0.15) is 12.0 Å². The highest BCUT2D eigenvalue weighted by Crippen LogP contribution is 2.17. The average Bonchev–Trinajstić information content (AvgIpc) is 2.72. The van der Waals surface area contributed by atoms with Crippen molar-refractivity contribution >= 4 is 23.2 Å². The van der Waals surface area contributed by atoms with Gasteiger partial charge in [0.05, 0.1) is 17.3 Å². The summed E-state index contributed by atoms with van der Waals surface area (Å²) in [7, 11) is 0. The number of nitrogens with two attached hydrogens (primary N) is 1. The number of rotatable bonds is 3. The number of hydrogen-bond acceptors (Lipinski definition) is 5. The Morgan fingerprint density at radius 3 is 2.94 bits per heavy atom. The quantitative estimate of drug-likeness (QED) is 0.659. The van der Waals surface area contributed by atoms with Crippen LogP contribution in [0.3, 0.4) is 0 Å². The monoisotopic (exact) mass is 253 g/mol. The van der Waals surface area contributed by atoms with Crippen LogP contribution in [0.15, 0.2) is 24.7 Å². The standard InChI is InChI=1S/C9H8ClN5O2/c10-6-1-2-8(11)13-7(6)3-14-4-9(12-5-14)15(16)17/h1-2,4-5H,3H2,(H2,11,13). The highest BCUT2D eigenvalue weighted by atomic mass is 35.5. The first kappa shape index (κ1) is 11.3. The van der Waals surface area contributed by atoms with Gasteiger partial charge in [0.2, 0.25) is 6.33 Å². The second kappa shape index (κ2) is 4.38. The molecule has 2 aromatic rings. The van der Waals surface area contributed by atoms with Crippen LogP contribution in [0.4, 0.5) is 11.6 Å². The van der Waals surface area contributed by atoms with Crippen LogP contribution in [0.1, 0.15) is 5.69 Å². The fourth-order valence-corrected chi connectivity index (χ4v) is 1.48. The second-order valence-corrected chi connectivity index (χ2v) is 3.73. The van der Waals surface area contributed by atoms with Crippen LogP contribution in [0.2, 0.25) is 5.02 Å². The van der Waals surface area contributed by atoms with Gasteiger partial charge in [-0.05, 0) is 22.0 Å². The van der Waals surface area contributed by atoms with E-state index in [1.165, 1.54) is 17.1 Å². The Kier molecular flexibility index (Phi) is 2.92. The Morgan fingerprint density at radius 2 is 2.29 bits per heavy atom. The number of nitrogens with zero attached hydrogens (tertiary/aromatic N) is 4. The summed E-state index contributed by atoms with van der Waals surface area (Å²) < 4.78 is 1.52. The first-order valence-corrected chi connectivity index (χ1v) is 5.01. The van der Waals surface area contributed by atoms with E-state index >= 15 is 0 Å². The lowest BCUT2D eigenvalue weighted by atomic mass is 10.3. The molecular formula is C9H8ClN5O2. The predicted octanol–water partition coefficient (Wildman–Crippen LogP) is 1.47. The molecule has 0 saturated heterocycles. The summed E-state index contributed by atoms with van der Waals surface area (Å²) in [5.74, 6) is 0.129. The number of pyridine rings is 1. The molecule has 0 aliphatic carbocycles. The number of anilines is 1. The minimum Gasteiger partial charge on any atom is -0.384 e. The summed E-state index contributed by atoms with van der Waals surface area (Å²) in [5, 5.41) is 10.9. The number of nitro groups is 1. The summed E-state index contributed by atoms with van der Waals surface area (Å²) in [6.45, 7) is 0.282. The van der Waals surface area contributed by atoms with Crippen LogP contribution >= 0.6 is 11.6 Å². The van der Waals surface area contributed by atoms with Gasteiger partial charge in [0.25, 0.3) is 0 Å². The van der Waals surface area contributed by atoms with Gasteiger partial charge in [-0.3, -0.25) is 0 Å². The fraction of sp³-hybridized carbons (Fsp3) is 0.111. The zero-order valence-electron chi connectivity index (χ0n) is 8.58. The van der Waals surface area contributed by atoms with E-state index in [1.54, 1.807) is 12.1 Å². The first-order valence-electron chi connectivity index (χ1n) is 4.63. The summed E-state index contributed by atoms with van der Waals surface area (Å²) in [4.78, 5) is 17.6. The Hall–Kier alpha value is -2.15. The smallest absolute Gasteiger partial charge is 0.381 e. The average molecular weight is 254 g/mol. The second-order valence-electron chi connectivity index (χ2n) is 3.33. The van der Waals surface area contributed by atoms with E-state index in [0.717, 1.165) is 0 Å². The lowest BCUT2D eigenvalue weighted by Crippen LogP contribution is -2.02. The van der Waals surface area contributed by atoms with Gasteiger partial charge in [-0.25, -0.2) is 4.98 Å². The van der Waals surface area contributed by atoms with Gasteiger partial charge in [-0.1, -0.05) is 11.6 Å². The zero-order chi connectivity index (χ0) is 12.4. The molecule has 2 heterocycles. The SMILES string of the molecule is Nc1ccc(Cl)c(Cn2cnc([N+](=O)[O-])c2)n1. The van der Waals surface area contributed by atoms with Crippen molar-refractivity contribution in [2.24, 2.45) is 0 Å². The van der Waals surface area contributed by atoms with Crippen LogP contribution in [0, 0.1) is 10.1 Å². The van der Waals surface area contributed by atoms with Gasteiger partial charge in [0.15, 0.2) is 0 Å². The summed E-state index contributed by atoms with van der Waals surface area (Å²) in [6.07, 6.45) is 2.65. The highest BCUT2D eigenvalue weighted by molar-refractivity contribution is 6.31. The molecule has 0 bridgehead atoms. The molecule has 2 aromatic heterocycles. The number of halogens is 1. The van der Waals surface area contributed by atoms with Gasteiger partial charge in [0, 0.05) is 0 Å². The third-order valence-electron chi connectivity index (χ3n) is 2.08. The molecule has 17 heavy (non-hydrogen) atoms. The minimum atomic E-state index is -0.565. The minimum absolute atomic E-state index is 0.218. The van der Waals surface area contributed by atoms with Crippen molar-refractivity contribution in [3.63, 3.8) is 0 Å². The number of imidazole rings is 1. The lowest BCUT2D eigenvalue weighted by molar-refractivity contribution is -0.389. The molecule has 0 aliphatic rings. The Labute approximate surface area is 101 Å². The molecule has 7 nitrogen and oxygen atoms in total. The van der Waals surface area contributed by atoms with Gasteiger partial charge in [-0.15, -0.1) is 0 Å². The molecule has 0 unspecified atom stereocenters. The maximum atomic E-state index is 10.5. The van der Waals surface area contributed by atoms with Crippen molar-refractivity contribution in [1.29, 1.82) is 0 Å². The molecule has 0 saturated carbocycles. The van der Waals surface area contributed by atoms with Crippen LogP contribution < -0.4 is 5.73 Å². The summed E-state index contributed by atoms with van der Waals surface area (Å²) in [6, 6.07) is 3.22. The van der Waals surface area contributed by atoms with Gasteiger partial charge in [-0.2, -0.15) is 0 Å². The van der Waals surface area contributed by atoms with Gasteiger partial charge < -0.3 is 20.4 Å². The van der Waals surface area contributed by atoms with E-state index in [9.17, 15) is 10.1 Å². The van der Waals surface area contributed by atoms with Crippen molar-refractivity contribution in [3.05, 3.63) is 45.5 Å². The molecule has 88 valence electrons. The predicted molar refractivity (Wildman–Crippen MR) is 61.6 cm³/mol. The van der Waals surface area contributed by atoms with E-state index < -0.39 is 4.92 Å². The molecule has 2 N–H and O–H groups in total. The Morgan fingerprint density at radius 1 is 1.53 bits per heavy atom. The molecule has 0 radical (unpaired) electrons. The van der Waals surface area contributed by atoms with Crippen molar-refractivity contribution in [1.82, 2.24) is 14.5 Å². The van der Waals surface area contributed by atoms with Crippen LogP contribution in [-0.2, 0) is 6.54 Å². The Balaban J connectivity index is 2.25. The largest absolute Gasteiger partial charge is 0.384 e. The van der Waals surface area contributed by atoms with Crippen molar-refractivity contribution in [2.75, 3.05) is 5.73 Å². The van der Waals surface area contributed by atoms with E-state index in [4.69, 9.17) is 17.3 Å². The number of aromatic nitrogens is 3. The molecule has 0 fully saturated rings. The molecule has 2 rings (SSSR count). The molecule has 0 atom stereocenters. The summed E-state index contributed by atoms with van der Waals surface area (Å²) in [5.41, 5.74) is 6.07. The van der Waals surface area contributed by atoms with Gasteiger partial charge >= 0.3 is 5.82 Å². The van der Waals surface area contributed by atoms with Crippen LogP contribution in [-0.4, -0.2) is 19.5 Å². The topological polar surface area (TPSA) is 99.9 Å². The molecule has 0 spiro atoms. The summed E-state index contributed by atoms with van der Waals surface area (Å²) >= 11 is 5.93. The van der Waals surface area contributed by atoms with E-state index in [-0.39, 0.29) is 12.4 Å². The molecule has 0 aromatic carbocycles. The van der Waals surface area contributed by atoms with E-state index in [1.807, 2.05) is 0 Å². The van der Waals surface area contributed by atoms with Crippen molar-refractivity contribution in [3.8, 4) is 0 Å². The van der Waals surface area contributed by atoms with Crippen LogP contribution in [0.25, 0.3) is 0 Å². The third kappa shape index (κ3) is 2.51. The molecule has 0 amide bonds. The fourth-order valence-electron chi connectivity index (χ4n) is 1.31. The first-order chi connectivity index (χ1) is 8.06. The Bertz CT molecular complexity index is 568. The van der Waals surface area contributed by atoms with Crippen molar-refractivity contribution in [2.45, 2.75) is 6.54 Å². The van der Waals surface area contributed by atoms with Crippen molar-refractivity contribution < 1.29 is 4.92 Å². The maximum absolute atomic E-state index is 10.5. The maximum Gasteiger partial charge on any atom is 0.381 e. The molecule has 0 aliphatic heterocycles. The number of hydrogen-bond donors (Lipinski definition) is 1. The molecular weight excluding hydrogens is 246 g/mol. The third-order valence-corrected chi connectivity index (χ3v) is 2.42. The highest BCUT2D eigenvalue weighted by Gasteiger charge is 2.11. The zero-order valence-corrected chi connectivity index (χ0v) is 9.33. The lowest BCUT2D eigenvalue weighted by Gasteiger charge is -2.03.